The molecule has 1 saturated heterocycles. The van der Waals surface area contributed by atoms with Gasteiger partial charge < -0.3 is 14.6 Å². The Balaban J connectivity index is 2.03. The van der Waals surface area contributed by atoms with E-state index in [1.165, 1.54) is 0 Å². The van der Waals surface area contributed by atoms with E-state index in [4.69, 9.17) is 14.6 Å². The van der Waals surface area contributed by atoms with Crippen molar-refractivity contribution in [2.24, 2.45) is 0 Å². The second kappa shape index (κ2) is 3.90. The third-order valence-corrected chi connectivity index (χ3v) is 2.26. The minimum atomic E-state index is -0.524. The molecule has 15 heavy (non-hydrogen) atoms. The molecule has 0 amide bonds. The van der Waals surface area contributed by atoms with E-state index in [1.54, 1.807) is 31.2 Å². The van der Waals surface area contributed by atoms with Crippen LogP contribution in [0.1, 0.15) is 12.5 Å². The van der Waals surface area contributed by atoms with Gasteiger partial charge in [-0.15, -0.1) is 0 Å². The Kier molecular flexibility index (Phi) is 2.60. The van der Waals surface area contributed by atoms with Gasteiger partial charge in [0.1, 0.15) is 5.75 Å². The lowest BCUT2D eigenvalue weighted by atomic mass is 10.1. The number of phenolic OH excluding ortho intramolecular Hbond substituents is 1. The summed E-state index contributed by atoms with van der Waals surface area (Å²) in [6, 6.07) is 6.68. The lowest BCUT2D eigenvalue weighted by molar-refractivity contribution is -0.142. The van der Waals surface area contributed by atoms with Crippen molar-refractivity contribution >= 4 is 5.97 Å². The number of hydrogen-bond donors (Lipinski definition) is 1. The van der Waals surface area contributed by atoms with Gasteiger partial charge in [0.25, 0.3) is 0 Å². The summed E-state index contributed by atoms with van der Waals surface area (Å²) in [4.78, 5) is 11.3. The molecule has 2 atom stereocenters. The Morgan fingerprint density at radius 1 is 1.33 bits per heavy atom. The van der Waals surface area contributed by atoms with Crippen LogP contribution in [0.15, 0.2) is 24.3 Å². The lowest BCUT2D eigenvalue weighted by Gasteiger charge is -2.05. The fourth-order valence-electron chi connectivity index (χ4n) is 1.53. The average molecular weight is 208 g/mol. The number of carbonyl (C=O) groups is 1. The van der Waals surface area contributed by atoms with Gasteiger partial charge in [-0.2, -0.15) is 0 Å². The van der Waals surface area contributed by atoms with Crippen molar-refractivity contribution in [3.63, 3.8) is 0 Å². The quantitative estimate of drug-likeness (QED) is 0.742. The van der Waals surface area contributed by atoms with Crippen molar-refractivity contribution in [2.45, 2.75) is 25.7 Å². The first kappa shape index (κ1) is 9.98. The molecule has 1 aromatic rings. The number of aromatic hydroxyl groups is 1. The molecular formula is C11H12O4. The molecule has 0 spiro atoms. The van der Waals surface area contributed by atoms with Crippen LogP contribution in [-0.4, -0.2) is 23.5 Å². The molecule has 1 heterocycles. The van der Waals surface area contributed by atoms with Crippen LogP contribution in [0.4, 0.5) is 0 Å². The third-order valence-electron chi connectivity index (χ3n) is 2.26. The molecule has 0 bridgehead atoms. The number of carbonyl (C=O) groups excluding carboxylic acids is 1. The summed E-state index contributed by atoms with van der Waals surface area (Å²) in [7, 11) is 0. The Labute approximate surface area is 87.4 Å². The zero-order chi connectivity index (χ0) is 10.8. The van der Waals surface area contributed by atoms with Crippen molar-refractivity contribution in [3.8, 4) is 5.75 Å². The number of cyclic esters (lactones) is 1. The maximum atomic E-state index is 11.3. The number of rotatable bonds is 2. The van der Waals surface area contributed by atoms with Crippen LogP contribution in [0.2, 0.25) is 0 Å². The van der Waals surface area contributed by atoms with Crippen molar-refractivity contribution in [1.29, 1.82) is 0 Å². The molecule has 0 aliphatic carbocycles. The highest BCUT2D eigenvalue weighted by Crippen LogP contribution is 2.18. The largest absolute Gasteiger partial charge is 0.508 e. The van der Waals surface area contributed by atoms with E-state index in [1.807, 2.05) is 0 Å². The summed E-state index contributed by atoms with van der Waals surface area (Å²) in [5, 5.41) is 9.09. The molecule has 0 radical (unpaired) electrons. The van der Waals surface area contributed by atoms with E-state index in [0.29, 0.717) is 6.42 Å². The topological polar surface area (TPSA) is 55.8 Å². The summed E-state index contributed by atoms with van der Waals surface area (Å²) >= 11 is 0. The molecule has 4 nitrogen and oxygen atoms in total. The van der Waals surface area contributed by atoms with Crippen molar-refractivity contribution < 1.29 is 19.4 Å². The lowest BCUT2D eigenvalue weighted by Crippen LogP contribution is -2.19. The molecule has 1 aliphatic rings. The molecular weight excluding hydrogens is 196 g/mol. The van der Waals surface area contributed by atoms with Crippen LogP contribution >= 0.6 is 0 Å². The summed E-state index contributed by atoms with van der Waals surface area (Å²) < 4.78 is 10.1. The van der Waals surface area contributed by atoms with E-state index in [9.17, 15) is 4.79 Å². The second-order valence-electron chi connectivity index (χ2n) is 3.50. The van der Waals surface area contributed by atoms with Gasteiger partial charge in [0.05, 0.1) is 0 Å². The van der Waals surface area contributed by atoms with Crippen molar-refractivity contribution in [1.82, 2.24) is 0 Å². The maximum absolute atomic E-state index is 11.3. The minimum Gasteiger partial charge on any atom is -0.508 e. The number of ether oxygens (including phenoxy) is 2. The summed E-state index contributed by atoms with van der Waals surface area (Å²) in [6.45, 7) is 1.69. The van der Waals surface area contributed by atoms with Gasteiger partial charge >= 0.3 is 5.97 Å². The zero-order valence-electron chi connectivity index (χ0n) is 8.34. The Morgan fingerprint density at radius 3 is 2.53 bits per heavy atom. The van der Waals surface area contributed by atoms with Crippen molar-refractivity contribution in [3.05, 3.63) is 29.8 Å². The molecule has 1 aliphatic heterocycles. The second-order valence-corrected chi connectivity index (χ2v) is 3.50. The summed E-state index contributed by atoms with van der Waals surface area (Å²) in [5.74, 6) is -0.113. The van der Waals surface area contributed by atoms with E-state index < -0.39 is 12.4 Å². The van der Waals surface area contributed by atoms with Gasteiger partial charge in [-0.05, 0) is 24.6 Å². The van der Waals surface area contributed by atoms with Crippen molar-refractivity contribution in [2.75, 3.05) is 0 Å². The Hall–Kier alpha value is -1.55. The minimum absolute atomic E-state index is 0.210. The fourth-order valence-corrected chi connectivity index (χ4v) is 1.53. The van der Waals surface area contributed by atoms with E-state index in [-0.39, 0.29) is 11.7 Å². The highest BCUT2D eigenvalue weighted by molar-refractivity contribution is 5.76. The van der Waals surface area contributed by atoms with Gasteiger partial charge in [0.2, 0.25) is 6.29 Å². The first-order valence-electron chi connectivity index (χ1n) is 4.79. The molecule has 1 aromatic carbocycles. The first-order valence-corrected chi connectivity index (χ1v) is 4.79. The zero-order valence-corrected chi connectivity index (χ0v) is 8.34. The van der Waals surface area contributed by atoms with Gasteiger partial charge in [0, 0.05) is 6.42 Å². The predicted octanol–water partition coefficient (Wildman–Crippen LogP) is 1.22. The molecule has 0 saturated carbocycles. The predicted molar refractivity (Wildman–Crippen MR) is 52.2 cm³/mol. The fraction of sp³-hybridized carbons (Fsp3) is 0.364. The summed E-state index contributed by atoms with van der Waals surface area (Å²) in [5.41, 5.74) is 0.934. The smallest absolute Gasteiger partial charge is 0.338 e. The van der Waals surface area contributed by atoms with E-state index >= 15 is 0 Å². The maximum Gasteiger partial charge on any atom is 0.338 e. The molecule has 2 unspecified atom stereocenters. The van der Waals surface area contributed by atoms with Gasteiger partial charge in [0.15, 0.2) is 6.10 Å². The molecule has 80 valence electrons. The van der Waals surface area contributed by atoms with Crippen LogP contribution in [0, 0.1) is 0 Å². The standard InChI is InChI=1S/C11H12O4/c1-7-14-10(11(13)15-7)6-8-2-4-9(12)5-3-8/h2-5,7,10,12H,6H2,1H3. The molecule has 0 aromatic heterocycles. The Bertz CT molecular complexity index is 357. The van der Waals surface area contributed by atoms with Crippen LogP contribution < -0.4 is 0 Å². The summed E-state index contributed by atoms with van der Waals surface area (Å²) in [6.07, 6.45) is -0.507. The number of esters is 1. The molecule has 4 heteroatoms. The molecule has 1 N–H and O–H groups in total. The molecule has 2 rings (SSSR count). The SMILES string of the molecule is CC1OC(=O)C(Cc2ccc(O)cc2)O1. The van der Waals surface area contributed by atoms with Crippen LogP contribution in [-0.2, 0) is 20.7 Å². The van der Waals surface area contributed by atoms with Gasteiger partial charge in [-0.25, -0.2) is 4.79 Å². The third kappa shape index (κ3) is 2.27. The Morgan fingerprint density at radius 2 is 2.00 bits per heavy atom. The number of benzene rings is 1. The van der Waals surface area contributed by atoms with Gasteiger partial charge in [-0.3, -0.25) is 0 Å². The highest BCUT2D eigenvalue weighted by atomic mass is 16.7. The average Bonchev–Trinajstić information content (AvgIpc) is 2.49. The first-order chi connectivity index (χ1) is 7.15. The van der Waals surface area contributed by atoms with E-state index in [2.05, 4.69) is 0 Å². The highest BCUT2D eigenvalue weighted by Gasteiger charge is 2.32. The van der Waals surface area contributed by atoms with Crippen LogP contribution in [0.3, 0.4) is 0 Å². The normalized spacial score (nSPS) is 25.3. The monoisotopic (exact) mass is 208 g/mol. The number of hydrogen-bond acceptors (Lipinski definition) is 4. The van der Waals surface area contributed by atoms with Gasteiger partial charge in [-0.1, -0.05) is 12.1 Å². The van der Waals surface area contributed by atoms with E-state index in [0.717, 1.165) is 5.56 Å². The number of phenols is 1. The van der Waals surface area contributed by atoms with Crippen LogP contribution in [0.25, 0.3) is 0 Å². The van der Waals surface area contributed by atoms with Crippen LogP contribution in [0.5, 0.6) is 5.75 Å². The molecule has 1 fully saturated rings.